The lowest BCUT2D eigenvalue weighted by molar-refractivity contribution is -0.112. The summed E-state index contributed by atoms with van der Waals surface area (Å²) in [6, 6.07) is 19.3. The fraction of sp³-hybridized carbons (Fsp3) is 0.321. The Hall–Kier alpha value is -3.07. The minimum Gasteiger partial charge on any atom is -0.318 e. The second-order valence-electron chi connectivity index (χ2n) is 9.03. The molecule has 2 aromatic carbocycles. The molecule has 1 aromatic heterocycles. The van der Waals surface area contributed by atoms with E-state index in [0.29, 0.717) is 0 Å². The maximum atomic E-state index is 12.9. The Morgan fingerprint density at radius 3 is 2.39 bits per heavy atom. The summed E-state index contributed by atoms with van der Waals surface area (Å²) in [5, 5.41) is 0. The number of nitrogens with zero attached hydrogens (tertiary/aromatic N) is 2. The summed E-state index contributed by atoms with van der Waals surface area (Å²) in [7, 11) is 1.85. The van der Waals surface area contributed by atoms with E-state index in [-0.39, 0.29) is 5.91 Å². The summed E-state index contributed by atoms with van der Waals surface area (Å²) >= 11 is 0. The molecule has 0 saturated heterocycles. The van der Waals surface area contributed by atoms with Crippen LogP contribution in [0.2, 0.25) is 0 Å². The van der Waals surface area contributed by atoms with E-state index < -0.39 is 0 Å². The predicted octanol–water partition coefficient (Wildman–Crippen LogP) is 6.66. The molecule has 31 heavy (non-hydrogen) atoms. The van der Waals surface area contributed by atoms with Crippen molar-refractivity contribution in [3.63, 3.8) is 0 Å². The van der Waals surface area contributed by atoms with Crippen LogP contribution in [0.25, 0.3) is 17.3 Å². The molecular weight excluding hydrogens is 380 g/mol. The van der Waals surface area contributed by atoms with Crippen LogP contribution in [0.1, 0.15) is 66.1 Å². The van der Waals surface area contributed by atoms with Crippen LogP contribution >= 0.6 is 0 Å². The molecule has 1 fully saturated rings. The quantitative estimate of drug-likeness (QED) is 0.443. The second-order valence-corrected chi connectivity index (χ2v) is 9.03. The van der Waals surface area contributed by atoms with Crippen molar-refractivity contribution >= 4 is 23.2 Å². The van der Waals surface area contributed by atoms with Gasteiger partial charge in [-0.2, -0.15) is 0 Å². The van der Waals surface area contributed by atoms with Crippen molar-refractivity contribution in [2.75, 3.05) is 11.9 Å². The van der Waals surface area contributed by atoms with Crippen molar-refractivity contribution in [3.05, 3.63) is 82.7 Å². The molecule has 0 unspecified atom stereocenters. The summed E-state index contributed by atoms with van der Waals surface area (Å²) in [5.41, 5.74) is 8.87. The van der Waals surface area contributed by atoms with Crippen molar-refractivity contribution < 1.29 is 4.79 Å². The van der Waals surface area contributed by atoms with Gasteiger partial charge >= 0.3 is 0 Å². The smallest absolute Gasteiger partial charge is 0.258 e. The summed E-state index contributed by atoms with van der Waals surface area (Å²) < 4.78 is 2.30. The molecule has 0 radical (unpaired) electrons. The van der Waals surface area contributed by atoms with Gasteiger partial charge < -0.3 is 9.47 Å². The molecule has 1 amide bonds. The maximum absolute atomic E-state index is 12.9. The first-order valence-electron chi connectivity index (χ1n) is 11.4. The fourth-order valence-corrected chi connectivity index (χ4v) is 5.36. The highest BCUT2D eigenvalue weighted by molar-refractivity contribution is 6.35. The number of carbonyl (C=O) groups is 1. The molecule has 3 aromatic rings. The van der Waals surface area contributed by atoms with Gasteiger partial charge in [-0.1, -0.05) is 49.6 Å². The zero-order chi connectivity index (χ0) is 21.5. The number of fused-ring (bicyclic) bond motifs is 1. The van der Waals surface area contributed by atoms with Crippen molar-refractivity contribution in [2.24, 2.45) is 0 Å². The van der Waals surface area contributed by atoms with Crippen LogP contribution in [0.4, 0.5) is 5.69 Å². The first kappa shape index (κ1) is 19.9. The highest BCUT2D eigenvalue weighted by Crippen LogP contribution is 2.38. The Kier molecular flexibility index (Phi) is 5.05. The fourth-order valence-electron chi connectivity index (χ4n) is 5.36. The maximum Gasteiger partial charge on any atom is 0.258 e. The number of anilines is 1. The highest BCUT2D eigenvalue weighted by atomic mass is 16.2. The van der Waals surface area contributed by atoms with Gasteiger partial charge in [0, 0.05) is 35.3 Å². The number of rotatable bonds is 3. The number of hydrogen-bond donors (Lipinski definition) is 0. The van der Waals surface area contributed by atoms with Crippen LogP contribution in [-0.4, -0.2) is 17.5 Å². The van der Waals surface area contributed by atoms with E-state index in [4.69, 9.17) is 0 Å². The van der Waals surface area contributed by atoms with Crippen LogP contribution in [-0.2, 0) is 4.79 Å². The van der Waals surface area contributed by atoms with E-state index in [1.54, 1.807) is 4.90 Å². The molecule has 0 spiro atoms. The number of aromatic nitrogens is 1. The molecule has 1 aliphatic heterocycles. The van der Waals surface area contributed by atoms with Gasteiger partial charge in [0.15, 0.2) is 0 Å². The minimum absolute atomic E-state index is 0.0582. The van der Waals surface area contributed by atoms with E-state index in [9.17, 15) is 4.79 Å². The lowest BCUT2D eigenvalue weighted by atomic mass is 9.84. The standard InChI is InChI=1S/C28H30N2O/c1-19-17-23(18-26-25-11-7-8-12-27(25)29(3)28(26)31)20(2)30(19)24-15-13-22(14-16-24)21-9-5-4-6-10-21/h7-8,11-18,21H,4-6,9-10H2,1-3H3/b26-18+. The lowest BCUT2D eigenvalue weighted by Crippen LogP contribution is -2.20. The van der Waals surface area contributed by atoms with Gasteiger partial charge in [0.05, 0.1) is 5.69 Å². The summed E-state index contributed by atoms with van der Waals surface area (Å²) in [6.45, 7) is 4.28. The van der Waals surface area contributed by atoms with Crippen molar-refractivity contribution in [2.45, 2.75) is 51.9 Å². The molecule has 0 N–H and O–H groups in total. The number of amides is 1. The lowest BCUT2D eigenvalue weighted by Gasteiger charge is -2.22. The molecule has 1 aliphatic carbocycles. The number of likely N-dealkylation sites (N-methyl/N-ethyl adjacent to an activating group) is 1. The minimum atomic E-state index is 0.0582. The van der Waals surface area contributed by atoms with Gasteiger partial charge in [-0.15, -0.1) is 0 Å². The van der Waals surface area contributed by atoms with Crippen LogP contribution in [0.5, 0.6) is 0 Å². The van der Waals surface area contributed by atoms with Crippen molar-refractivity contribution in [3.8, 4) is 5.69 Å². The van der Waals surface area contributed by atoms with Gasteiger partial charge in [0.2, 0.25) is 0 Å². The number of benzene rings is 2. The zero-order valence-electron chi connectivity index (χ0n) is 18.7. The topological polar surface area (TPSA) is 25.2 Å². The molecule has 158 valence electrons. The third-order valence-corrected chi connectivity index (χ3v) is 7.09. The van der Waals surface area contributed by atoms with Gasteiger partial charge in [-0.05, 0) is 74.1 Å². The molecule has 2 heterocycles. The van der Waals surface area contributed by atoms with E-state index in [1.807, 2.05) is 31.3 Å². The van der Waals surface area contributed by atoms with Crippen molar-refractivity contribution in [1.82, 2.24) is 4.57 Å². The van der Waals surface area contributed by atoms with Gasteiger partial charge in [-0.3, -0.25) is 4.79 Å². The Morgan fingerprint density at radius 1 is 0.935 bits per heavy atom. The van der Waals surface area contributed by atoms with E-state index in [1.165, 1.54) is 49.0 Å². The molecule has 3 heteroatoms. The average Bonchev–Trinajstić information content (AvgIpc) is 3.22. The highest BCUT2D eigenvalue weighted by Gasteiger charge is 2.29. The first-order chi connectivity index (χ1) is 15.0. The molecule has 5 rings (SSSR count). The van der Waals surface area contributed by atoms with E-state index in [0.717, 1.165) is 34.0 Å². The summed E-state index contributed by atoms with van der Waals surface area (Å²) in [6.07, 6.45) is 8.80. The molecule has 1 saturated carbocycles. The molecule has 2 aliphatic rings. The molecule has 0 bridgehead atoms. The SMILES string of the molecule is Cc1cc(/C=C2/C(=O)N(C)c3ccccc32)c(C)n1-c1ccc(C2CCCCC2)cc1. The predicted molar refractivity (Wildman–Crippen MR) is 129 cm³/mol. The van der Waals surface area contributed by atoms with Crippen molar-refractivity contribution in [1.29, 1.82) is 0 Å². The van der Waals surface area contributed by atoms with Gasteiger partial charge in [-0.25, -0.2) is 0 Å². The van der Waals surface area contributed by atoms with Gasteiger partial charge in [0.1, 0.15) is 0 Å². The average molecular weight is 411 g/mol. The Morgan fingerprint density at radius 2 is 1.65 bits per heavy atom. The van der Waals surface area contributed by atoms with Gasteiger partial charge in [0.25, 0.3) is 5.91 Å². The Balaban J connectivity index is 1.49. The number of para-hydroxylation sites is 1. The van der Waals surface area contributed by atoms with E-state index >= 15 is 0 Å². The van der Waals surface area contributed by atoms with Crippen LogP contribution in [0, 0.1) is 13.8 Å². The van der Waals surface area contributed by atoms with Crippen LogP contribution in [0.15, 0.2) is 54.6 Å². The summed E-state index contributed by atoms with van der Waals surface area (Å²) in [4.78, 5) is 14.6. The number of aryl methyl sites for hydroxylation is 1. The number of hydrogen-bond acceptors (Lipinski definition) is 1. The molecular formula is C28H30N2O. The third-order valence-electron chi connectivity index (χ3n) is 7.09. The zero-order valence-corrected chi connectivity index (χ0v) is 18.7. The number of carbonyl (C=O) groups excluding carboxylic acids is 1. The van der Waals surface area contributed by atoms with E-state index in [2.05, 4.69) is 54.8 Å². The second kappa shape index (κ2) is 7.88. The Bertz CT molecular complexity index is 1160. The first-order valence-corrected chi connectivity index (χ1v) is 11.4. The third kappa shape index (κ3) is 3.42. The monoisotopic (exact) mass is 410 g/mol. The largest absolute Gasteiger partial charge is 0.318 e. The van der Waals surface area contributed by atoms with Crippen LogP contribution < -0.4 is 4.90 Å². The molecule has 0 atom stereocenters. The van der Waals surface area contributed by atoms with Crippen LogP contribution in [0.3, 0.4) is 0 Å². The summed E-state index contributed by atoms with van der Waals surface area (Å²) in [5.74, 6) is 0.781. The normalized spacial score (nSPS) is 18.1. The molecule has 3 nitrogen and oxygen atoms in total. The Labute approximate surface area is 185 Å².